The van der Waals surface area contributed by atoms with Gasteiger partial charge in [0.25, 0.3) is 0 Å². The molecular formula is C9H20N2O. The lowest BCUT2D eigenvalue weighted by atomic mass is 9.87. The van der Waals surface area contributed by atoms with Crippen LogP contribution in [0, 0.1) is 5.41 Å². The first-order valence-electron chi connectivity index (χ1n) is 4.26. The molecule has 12 heavy (non-hydrogen) atoms. The van der Waals surface area contributed by atoms with Crippen LogP contribution in [-0.4, -0.2) is 30.4 Å². The highest BCUT2D eigenvalue weighted by atomic mass is 16.2. The topological polar surface area (TPSA) is 46.3 Å². The van der Waals surface area contributed by atoms with Gasteiger partial charge < -0.3 is 10.6 Å². The maximum absolute atomic E-state index is 11.2. The van der Waals surface area contributed by atoms with Crippen LogP contribution >= 0.6 is 0 Å². The van der Waals surface area contributed by atoms with Gasteiger partial charge >= 0.3 is 0 Å². The predicted molar refractivity (Wildman–Crippen MR) is 50.7 cm³/mol. The summed E-state index contributed by atoms with van der Waals surface area (Å²) in [6.45, 7) is 8.46. The van der Waals surface area contributed by atoms with E-state index in [1.54, 1.807) is 11.9 Å². The van der Waals surface area contributed by atoms with Crippen LogP contribution in [0.4, 0.5) is 0 Å². The quantitative estimate of drug-likeness (QED) is 0.671. The van der Waals surface area contributed by atoms with E-state index >= 15 is 0 Å². The highest BCUT2D eigenvalue weighted by Gasteiger charge is 2.25. The zero-order valence-corrected chi connectivity index (χ0v) is 8.72. The molecule has 0 aliphatic heterocycles. The Kier molecular flexibility index (Phi) is 3.71. The Hall–Kier alpha value is -0.570. The molecule has 0 aromatic rings. The van der Waals surface area contributed by atoms with Gasteiger partial charge in [-0.2, -0.15) is 0 Å². The standard InChI is InChI=1S/C9H20N2O/c1-7(9(2,3)4)11(5)8(12)6-10/h7H,6,10H2,1-5H3. The van der Waals surface area contributed by atoms with Crippen LogP contribution in [0.1, 0.15) is 27.7 Å². The van der Waals surface area contributed by atoms with Crippen LogP contribution in [0.5, 0.6) is 0 Å². The Morgan fingerprint density at radius 1 is 1.50 bits per heavy atom. The Morgan fingerprint density at radius 2 is 1.92 bits per heavy atom. The van der Waals surface area contributed by atoms with Crippen LogP contribution < -0.4 is 5.73 Å². The van der Waals surface area contributed by atoms with E-state index in [9.17, 15) is 4.79 Å². The highest BCUT2D eigenvalue weighted by molar-refractivity contribution is 5.78. The van der Waals surface area contributed by atoms with E-state index in [2.05, 4.69) is 20.8 Å². The number of hydrogen-bond acceptors (Lipinski definition) is 2. The zero-order valence-electron chi connectivity index (χ0n) is 8.72. The first-order valence-corrected chi connectivity index (χ1v) is 4.26. The average Bonchev–Trinajstić information content (AvgIpc) is 1.98. The van der Waals surface area contributed by atoms with Gasteiger partial charge in [0.15, 0.2) is 0 Å². The molecule has 0 aromatic heterocycles. The molecule has 0 bridgehead atoms. The van der Waals surface area contributed by atoms with Crippen LogP contribution in [0.15, 0.2) is 0 Å². The molecule has 0 rings (SSSR count). The smallest absolute Gasteiger partial charge is 0.236 e. The minimum absolute atomic E-state index is 0.00238. The monoisotopic (exact) mass is 172 g/mol. The molecule has 0 fully saturated rings. The minimum Gasteiger partial charge on any atom is -0.341 e. The number of amides is 1. The molecule has 0 spiro atoms. The molecule has 3 nitrogen and oxygen atoms in total. The molecule has 2 N–H and O–H groups in total. The van der Waals surface area contributed by atoms with Gasteiger partial charge in [-0.05, 0) is 12.3 Å². The van der Waals surface area contributed by atoms with E-state index in [-0.39, 0.29) is 23.9 Å². The van der Waals surface area contributed by atoms with E-state index < -0.39 is 0 Å². The van der Waals surface area contributed by atoms with Crippen molar-refractivity contribution in [2.45, 2.75) is 33.7 Å². The Balaban J connectivity index is 4.29. The van der Waals surface area contributed by atoms with Crippen molar-refractivity contribution < 1.29 is 4.79 Å². The van der Waals surface area contributed by atoms with Crippen molar-refractivity contribution in [3.8, 4) is 0 Å². The molecule has 0 saturated heterocycles. The van der Waals surface area contributed by atoms with Crippen molar-refractivity contribution in [1.29, 1.82) is 0 Å². The van der Waals surface area contributed by atoms with Crippen molar-refractivity contribution in [3.05, 3.63) is 0 Å². The first-order chi connectivity index (χ1) is 5.30. The van der Waals surface area contributed by atoms with Crippen LogP contribution in [-0.2, 0) is 4.79 Å². The van der Waals surface area contributed by atoms with Gasteiger partial charge in [-0.3, -0.25) is 4.79 Å². The van der Waals surface area contributed by atoms with E-state index in [0.29, 0.717) is 0 Å². The molecule has 3 heteroatoms. The van der Waals surface area contributed by atoms with Crippen molar-refractivity contribution in [2.24, 2.45) is 11.1 Å². The van der Waals surface area contributed by atoms with Gasteiger partial charge in [0.05, 0.1) is 6.54 Å². The lowest BCUT2D eigenvalue weighted by Gasteiger charge is -2.35. The van der Waals surface area contributed by atoms with Crippen LogP contribution in [0.2, 0.25) is 0 Å². The second-order valence-electron chi connectivity index (χ2n) is 4.25. The third kappa shape index (κ3) is 2.81. The minimum atomic E-state index is -0.00238. The average molecular weight is 172 g/mol. The fourth-order valence-corrected chi connectivity index (χ4v) is 0.941. The van der Waals surface area contributed by atoms with Gasteiger partial charge in [0, 0.05) is 13.1 Å². The Bertz CT molecular complexity index is 160. The summed E-state index contributed by atoms with van der Waals surface area (Å²) in [5.41, 5.74) is 5.37. The lowest BCUT2D eigenvalue weighted by Crippen LogP contribution is -2.45. The fraction of sp³-hybridized carbons (Fsp3) is 0.889. The van der Waals surface area contributed by atoms with E-state index in [1.807, 2.05) is 6.92 Å². The first kappa shape index (κ1) is 11.4. The summed E-state index contributed by atoms with van der Waals surface area (Å²) in [6.07, 6.45) is 0. The fourth-order valence-electron chi connectivity index (χ4n) is 0.941. The van der Waals surface area contributed by atoms with Gasteiger partial charge in [0.2, 0.25) is 5.91 Å². The number of hydrogen-bond donors (Lipinski definition) is 1. The summed E-state index contributed by atoms with van der Waals surface area (Å²) in [5.74, 6) is -0.00238. The summed E-state index contributed by atoms with van der Waals surface area (Å²) in [4.78, 5) is 12.9. The molecule has 0 radical (unpaired) electrons. The van der Waals surface area contributed by atoms with Crippen molar-refractivity contribution in [3.63, 3.8) is 0 Å². The summed E-state index contributed by atoms with van der Waals surface area (Å²) in [7, 11) is 1.80. The Morgan fingerprint density at radius 3 is 2.17 bits per heavy atom. The number of likely N-dealkylation sites (N-methyl/N-ethyl adjacent to an activating group) is 1. The molecule has 0 aliphatic carbocycles. The highest BCUT2D eigenvalue weighted by Crippen LogP contribution is 2.22. The van der Waals surface area contributed by atoms with Gasteiger partial charge in [-0.15, -0.1) is 0 Å². The molecule has 0 aromatic carbocycles. The second kappa shape index (κ2) is 3.90. The largest absolute Gasteiger partial charge is 0.341 e. The van der Waals surface area contributed by atoms with Crippen LogP contribution in [0.25, 0.3) is 0 Å². The third-order valence-corrected chi connectivity index (χ3v) is 2.40. The number of rotatable bonds is 2. The molecule has 0 heterocycles. The van der Waals surface area contributed by atoms with E-state index in [0.717, 1.165) is 0 Å². The number of carbonyl (C=O) groups excluding carboxylic acids is 1. The van der Waals surface area contributed by atoms with E-state index in [4.69, 9.17) is 5.73 Å². The summed E-state index contributed by atoms with van der Waals surface area (Å²) in [6, 6.07) is 0.216. The number of nitrogens with zero attached hydrogens (tertiary/aromatic N) is 1. The van der Waals surface area contributed by atoms with Gasteiger partial charge in [-0.25, -0.2) is 0 Å². The predicted octanol–water partition coefficient (Wildman–Crippen LogP) is 0.838. The van der Waals surface area contributed by atoms with Crippen molar-refractivity contribution in [2.75, 3.05) is 13.6 Å². The molecule has 1 atom stereocenters. The maximum atomic E-state index is 11.2. The lowest BCUT2D eigenvalue weighted by molar-refractivity contribution is -0.132. The number of nitrogens with two attached hydrogens (primary N) is 1. The molecule has 1 amide bonds. The number of carbonyl (C=O) groups is 1. The van der Waals surface area contributed by atoms with Crippen molar-refractivity contribution in [1.82, 2.24) is 4.90 Å². The summed E-state index contributed by atoms with van der Waals surface area (Å²) >= 11 is 0. The van der Waals surface area contributed by atoms with E-state index in [1.165, 1.54) is 0 Å². The van der Waals surface area contributed by atoms with Gasteiger partial charge in [0.1, 0.15) is 0 Å². The van der Waals surface area contributed by atoms with Crippen LogP contribution in [0.3, 0.4) is 0 Å². The second-order valence-corrected chi connectivity index (χ2v) is 4.25. The zero-order chi connectivity index (χ0) is 9.94. The third-order valence-electron chi connectivity index (χ3n) is 2.40. The molecule has 0 saturated carbocycles. The normalized spacial score (nSPS) is 14.2. The molecule has 72 valence electrons. The Labute approximate surface area is 74.9 Å². The summed E-state index contributed by atoms with van der Waals surface area (Å²) < 4.78 is 0. The molecular weight excluding hydrogens is 152 g/mol. The summed E-state index contributed by atoms with van der Waals surface area (Å²) in [5, 5.41) is 0. The molecule has 0 aliphatic rings. The molecule has 1 unspecified atom stereocenters. The maximum Gasteiger partial charge on any atom is 0.236 e. The van der Waals surface area contributed by atoms with Gasteiger partial charge in [-0.1, -0.05) is 20.8 Å². The SMILES string of the molecule is CC(N(C)C(=O)CN)C(C)(C)C. The van der Waals surface area contributed by atoms with Crippen molar-refractivity contribution >= 4 is 5.91 Å².